The van der Waals surface area contributed by atoms with Gasteiger partial charge in [0.05, 0.1) is 12.2 Å². The molecule has 0 aliphatic heterocycles. The number of hydrogen-bond acceptors (Lipinski definition) is 4. The third-order valence-corrected chi connectivity index (χ3v) is 19.5. The highest BCUT2D eigenvalue weighted by atomic mass is 16.5. The van der Waals surface area contributed by atoms with Crippen molar-refractivity contribution in [3.05, 3.63) is 0 Å². The summed E-state index contributed by atoms with van der Waals surface area (Å²) in [7, 11) is 0. The van der Waals surface area contributed by atoms with Gasteiger partial charge in [-0.15, -0.1) is 0 Å². The smallest absolute Gasteiger partial charge is 0.0576 e. The minimum atomic E-state index is 0.386. The van der Waals surface area contributed by atoms with Crippen molar-refractivity contribution in [2.24, 2.45) is 58.2 Å². The highest BCUT2D eigenvalue weighted by Crippen LogP contribution is 2.60. The van der Waals surface area contributed by atoms with E-state index in [4.69, 9.17) is 9.47 Å². The summed E-state index contributed by atoms with van der Waals surface area (Å²) >= 11 is 0. The fourth-order valence-electron chi connectivity index (χ4n) is 15.6. The molecule has 4 heteroatoms. The van der Waals surface area contributed by atoms with Crippen molar-refractivity contribution < 1.29 is 9.47 Å². The second-order valence-corrected chi connectivity index (χ2v) is 25.4. The van der Waals surface area contributed by atoms with Gasteiger partial charge in [0.15, 0.2) is 0 Å². The van der Waals surface area contributed by atoms with Crippen molar-refractivity contribution in [1.29, 1.82) is 0 Å². The molecule has 0 bridgehead atoms. The molecule has 7 aliphatic rings. The molecule has 6 atom stereocenters. The molecule has 6 unspecified atom stereocenters. The minimum absolute atomic E-state index is 0.386. The molecule has 0 aromatic carbocycles. The Kier molecular flexibility index (Phi) is 17.1. The highest BCUT2D eigenvalue weighted by Gasteiger charge is 2.60. The summed E-state index contributed by atoms with van der Waals surface area (Å²) in [5.74, 6) is 6.89. The minimum Gasteiger partial charge on any atom is -0.378 e. The molecule has 0 saturated heterocycles. The number of rotatable bonds is 14. The van der Waals surface area contributed by atoms with Crippen LogP contribution >= 0.6 is 0 Å². The lowest BCUT2D eigenvalue weighted by Gasteiger charge is -2.66. The monoisotopic (exact) mass is 835 g/mol. The molecule has 0 spiro atoms. The Morgan fingerprint density at radius 2 is 0.717 bits per heavy atom. The van der Waals surface area contributed by atoms with Gasteiger partial charge in [-0.2, -0.15) is 0 Å². The average molecular weight is 835 g/mol. The summed E-state index contributed by atoms with van der Waals surface area (Å²) in [6.07, 6.45) is 37.1. The average Bonchev–Trinajstić information content (AvgIpc) is 3.23. The molecule has 7 rings (SSSR count). The highest BCUT2D eigenvalue weighted by molar-refractivity contribution is 5.12. The molecule has 7 saturated carbocycles. The second kappa shape index (κ2) is 21.4. The Labute approximate surface area is 374 Å². The molecule has 7 aliphatic carbocycles. The van der Waals surface area contributed by atoms with Gasteiger partial charge < -0.3 is 9.47 Å². The van der Waals surface area contributed by atoms with Crippen LogP contribution in [0, 0.1) is 58.2 Å². The summed E-state index contributed by atoms with van der Waals surface area (Å²) in [4.78, 5) is 6.90. The maximum atomic E-state index is 6.59. The predicted octanol–water partition coefficient (Wildman–Crippen LogP) is 14.9. The van der Waals surface area contributed by atoms with Gasteiger partial charge in [-0.05, 0) is 212 Å². The first-order valence-electron chi connectivity index (χ1n) is 27.5. The van der Waals surface area contributed by atoms with Crippen molar-refractivity contribution in [2.75, 3.05) is 13.2 Å². The van der Waals surface area contributed by atoms with Crippen molar-refractivity contribution in [2.45, 2.75) is 285 Å². The summed E-state index contributed by atoms with van der Waals surface area (Å²) in [6, 6.07) is 4.65. The molecule has 0 aromatic heterocycles. The van der Waals surface area contributed by atoms with Crippen LogP contribution in [0.5, 0.6) is 0 Å². The molecule has 0 radical (unpaired) electrons. The van der Waals surface area contributed by atoms with Crippen LogP contribution in [0.3, 0.4) is 0 Å². The van der Waals surface area contributed by atoms with Crippen molar-refractivity contribution >= 4 is 0 Å². The van der Waals surface area contributed by atoms with Gasteiger partial charge in [-0.25, -0.2) is 0 Å². The maximum absolute atomic E-state index is 6.59. The lowest BCUT2D eigenvalue weighted by atomic mass is 9.49. The lowest BCUT2D eigenvalue weighted by Crippen LogP contribution is -2.70. The van der Waals surface area contributed by atoms with Crippen LogP contribution in [0.25, 0.3) is 0 Å². The normalized spacial score (nSPS) is 42.2. The molecule has 348 valence electrons. The van der Waals surface area contributed by atoms with E-state index in [1.165, 1.54) is 167 Å². The van der Waals surface area contributed by atoms with E-state index < -0.39 is 0 Å². The SMILES string of the molecule is CCCCOC1CCC(N(C2CCC(C)CC2)C2C3CCC(C(C)(C)C)CC3C(N(C3CCC(C)CC3)C3CCC(OCCCC)CC3)C3CC(C(C)(C)C)CCC32)CC1. The Bertz CT molecular complexity index is 1200. The molecule has 7 fully saturated rings. The number of ether oxygens (including phenoxy) is 2. The van der Waals surface area contributed by atoms with Gasteiger partial charge in [-0.1, -0.05) is 82.1 Å². The number of hydrogen-bond donors (Lipinski definition) is 0. The van der Waals surface area contributed by atoms with Crippen LogP contribution in [0.2, 0.25) is 0 Å². The predicted molar refractivity (Wildman–Crippen MR) is 255 cm³/mol. The van der Waals surface area contributed by atoms with Crippen molar-refractivity contribution in [1.82, 2.24) is 9.80 Å². The fourth-order valence-corrected chi connectivity index (χ4v) is 15.6. The second-order valence-electron chi connectivity index (χ2n) is 25.4. The van der Waals surface area contributed by atoms with E-state index >= 15 is 0 Å². The van der Waals surface area contributed by atoms with Crippen LogP contribution < -0.4 is 0 Å². The quantitative estimate of drug-likeness (QED) is 0.163. The van der Waals surface area contributed by atoms with E-state index in [0.29, 0.717) is 23.0 Å². The van der Waals surface area contributed by atoms with Gasteiger partial charge in [0, 0.05) is 49.5 Å². The van der Waals surface area contributed by atoms with Gasteiger partial charge in [0.1, 0.15) is 0 Å². The summed E-state index contributed by atoms with van der Waals surface area (Å²) < 4.78 is 13.2. The van der Waals surface area contributed by atoms with Crippen molar-refractivity contribution in [3.63, 3.8) is 0 Å². The van der Waals surface area contributed by atoms with Crippen LogP contribution in [0.1, 0.15) is 236 Å². The molecule has 4 nitrogen and oxygen atoms in total. The lowest BCUT2D eigenvalue weighted by molar-refractivity contribution is -0.168. The van der Waals surface area contributed by atoms with E-state index in [2.05, 4.69) is 79.0 Å². The zero-order valence-corrected chi connectivity index (χ0v) is 41.7. The molecule has 0 N–H and O–H groups in total. The van der Waals surface area contributed by atoms with Crippen molar-refractivity contribution in [3.8, 4) is 0 Å². The van der Waals surface area contributed by atoms with Gasteiger partial charge >= 0.3 is 0 Å². The molecule has 0 heterocycles. The fraction of sp³-hybridized carbons (Fsp3) is 1.00. The Morgan fingerprint density at radius 3 is 1.03 bits per heavy atom. The zero-order chi connectivity index (χ0) is 42.6. The summed E-state index contributed by atoms with van der Waals surface area (Å²) in [5.41, 5.74) is 0.771. The number of fused-ring (bicyclic) bond motifs is 2. The largest absolute Gasteiger partial charge is 0.378 e. The van der Waals surface area contributed by atoms with Gasteiger partial charge in [0.25, 0.3) is 0 Å². The molecular weight excluding hydrogens is 733 g/mol. The number of unbranched alkanes of at least 4 members (excludes halogenated alkanes) is 2. The van der Waals surface area contributed by atoms with E-state index in [9.17, 15) is 0 Å². The van der Waals surface area contributed by atoms with E-state index in [1.54, 1.807) is 0 Å². The van der Waals surface area contributed by atoms with Crippen LogP contribution in [-0.4, -0.2) is 71.5 Å². The van der Waals surface area contributed by atoms with Crippen LogP contribution in [-0.2, 0) is 9.47 Å². The van der Waals surface area contributed by atoms with E-state index in [-0.39, 0.29) is 0 Å². The third-order valence-electron chi connectivity index (χ3n) is 19.5. The first kappa shape index (κ1) is 47.8. The Morgan fingerprint density at radius 1 is 0.400 bits per heavy atom. The topological polar surface area (TPSA) is 24.9 Å². The van der Waals surface area contributed by atoms with Gasteiger partial charge in [-0.3, -0.25) is 9.80 Å². The summed E-state index contributed by atoms with van der Waals surface area (Å²) in [5, 5.41) is 0. The molecular formula is C56H102N2O2. The first-order valence-corrected chi connectivity index (χ1v) is 27.5. The van der Waals surface area contributed by atoms with Crippen LogP contribution in [0.15, 0.2) is 0 Å². The zero-order valence-electron chi connectivity index (χ0n) is 41.7. The standard InChI is InChI=1S/C56H102N2O2/c1-11-13-35-59-47-29-25-45(26-30-47)57(43-21-15-39(3)16-22-43)53-49-33-19-41(55(5,6)7)37-51(49)54(52-38-42(56(8,9)10)20-34-50(52)53)58(44-23-17-40(4)18-24-44)46-27-31-48(32-28-46)60-36-14-12-2/h39-54H,11-38H2,1-10H3. The molecule has 0 aromatic rings. The van der Waals surface area contributed by atoms with Crippen LogP contribution in [0.4, 0.5) is 0 Å². The van der Waals surface area contributed by atoms with E-state index in [1.807, 2.05) is 0 Å². The Hall–Kier alpha value is -0.160. The number of nitrogens with zero attached hydrogens (tertiary/aromatic N) is 2. The maximum Gasteiger partial charge on any atom is 0.0576 e. The first-order chi connectivity index (χ1) is 28.8. The molecule has 60 heavy (non-hydrogen) atoms. The Balaban J connectivity index is 1.29. The summed E-state index contributed by atoms with van der Waals surface area (Å²) in [6.45, 7) is 27.4. The molecule has 0 amide bonds. The van der Waals surface area contributed by atoms with Gasteiger partial charge in [0.2, 0.25) is 0 Å². The third kappa shape index (κ3) is 11.4. The van der Waals surface area contributed by atoms with E-state index in [0.717, 1.165) is 96.8 Å².